The van der Waals surface area contributed by atoms with Gasteiger partial charge in [0.15, 0.2) is 5.79 Å². The van der Waals surface area contributed by atoms with E-state index in [2.05, 4.69) is 11.8 Å². The van der Waals surface area contributed by atoms with E-state index in [9.17, 15) is 4.79 Å². The maximum atomic E-state index is 10.7. The molecule has 2 heterocycles. The maximum Gasteiger partial charge on any atom is 0.306 e. The summed E-state index contributed by atoms with van der Waals surface area (Å²) in [5, 5.41) is 8.79. The van der Waals surface area contributed by atoms with E-state index >= 15 is 0 Å². The predicted molar refractivity (Wildman–Crippen MR) is 70.9 cm³/mol. The average Bonchev–Trinajstić information content (AvgIpc) is 2.69. The highest BCUT2D eigenvalue weighted by Crippen LogP contribution is 2.34. The fourth-order valence-electron chi connectivity index (χ4n) is 3.22. The molecule has 2 fully saturated rings. The number of rotatable bonds is 5. The van der Waals surface area contributed by atoms with Crippen LogP contribution in [0.4, 0.5) is 0 Å². The number of aliphatic carboxylic acids is 1. The van der Waals surface area contributed by atoms with Crippen LogP contribution >= 0.6 is 0 Å². The van der Waals surface area contributed by atoms with Gasteiger partial charge in [-0.2, -0.15) is 0 Å². The first-order valence-corrected chi connectivity index (χ1v) is 7.26. The second-order valence-corrected chi connectivity index (χ2v) is 5.89. The van der Waals surface area contributed by atoms with Crippen molar-refractivity contribution in [2.45, 2.75) is 51.4 Å². The van der Waals surface area contributed by atoms with Gasteiger partial charge in [-0.3, -0.25) is 4.79 Å². The van der Waals surface area contributed by atoms with Gasteiger partial charge in [0.25, 0.3) is 0 Å². The van der Waals surface area contributed by atoms with Gasteiger partial charge in [0.2, 0.25) is 0 Å². The van der Waals surface area contributed by atoms with Crippen molar-refractivity contribution in [1.82, 2.24) is 4.90 Å². The number of carboxylic acid groups (broad SMARTS) is 1. The molecule has 1 N–H and O–H groups in total. The average molecular weight is 271 g/mol. The number of hydrogen-bond acceptors (Lipinski definition) is 4. The first kappa shape index (κ1) is 14.8. The van der Waals surface area contributed by atoms with Gasteiger partial charge in [-0.1, -0.05) is 6.92 Å². The minimum Gasteiger partial charge on any atom is -0.481 e. The normalized spacial score (nSPS) is 36.5. The molecule has 0 aliphatic carbocycles. The second kappa shape index (κ2) is 6.20. The largest absolute Gasteiger partial charge is 0.481 e. The molecule has 3 unspecified atom stereocenters. The fourth-order valence-corrected chi connectivity index (χ4v) is 3.22. The summed E-state index contributed by atoms with van der Waals surface area (Å²) in [4.78, 5) is 13.2. The molecule has 3 atom stereocenters. The van der Waals surface area contributed by atoms with Crippen LogP contribution in [0.5, 0.6) is 0 Å². The Morgan fingerprint density at radius 1 is 1.53 bits per heavy atom. The molecule has 0 spiro atoms. The summed E-state index contributed by atoms with van der Waals surface area (Å²) in [6.45, 7) is 7.91. The van der Waals surface area contributed by atoms with Crippen molar-refractivity contribution >= 4 is 5.97 Å². The Balaban J connectivity index is 1.83. The lowest BCUT2D eigenvalue weighted by Crippen LogP contribution is -2.39. The van der Waals surface area contributed by atoms with Crippen molar-refractivity contribution in [2.24, 2.45) is 5.92 Å². The first-order valence-electron chi connectivity index (χ1n) is 7.26. The summed E-state index contributed by atoms with van der Waals surface area (Å²) in [7, 11) is 0. The van der Waals surface area contributed by atoms with Gasteiger partial charge in [-0.05, 0) is 38.8 Å². The molecule has 110 valence electrons. The third kappa shape index (κ3) is 4.16. The first-order chi connectivity index (χ1) is 9.00. The summed E-state index contributed by atoms with van der Waals surface area (Å²) in [5.41, 5.74) is 0. The van der Waals surface area contributed by atoms with Crippen molar-refractivity contribution in [1.29, 1.82) is 0 Å². The van der Waals surface area contributed by atoms with E-state index in [0.29, 0.717) is 12.5 Å². The monoisotopic (exact) mass is 271 g/mol. The summed E-state index contributed by atoms with van der Waals surface area (Å²) >= 11 is 0. The lowest BCUT2D eigenvalue weighted by atomic mass is 9.91. The Hall–Kier alpha value is -0.650. The number of ether oxygens (including phenoxy) is 2. The van der Waals surface area contributed by atoms with E-state index < -0.39 is 11.8 Å². The number of hydrogen-bond donors (Lipinski definition) is 1. The zero-order valence-electron chi connectivity index (χ0n) is 11.9. The van der Waals surface area contributed by atoms with E-state index in [1.54, 1.807) is 0 Å². The Morgan fingerprint density at radius 2 is 2.32 bits per heavy atom. The molecule has 0 bridgehead atoms. The molecule has 2 aliphatic rings. The minimum atomic E-state index is -0.826. The summed E-state index contributed by atoms with van der Waals surface area (Å²) in [5.74, 6) is -0.836. The fraction of sp³-hybridized carbons (Fsp3) is 0.929. The van der Waals surface area contributed by atoms with E-state index in [1.807, 2.05) is 6.92 Å². The lowest BCUT2D eigenvalue weighted by Gasteiger charge is -2.35. The van der Waals surface area contributed by atoms with Crippen LogP contribution in [0.25, 0.3) is 0 Å². The van der Waals surface area contributed by atoms with Gasteiger partial charge in [0.1, 0.15) is 0 Å². The molecular formula is C14H25NO4. The highest BCUT2D eigenvalue weighted by atomic mass is 16.7. The van der Waals surface area contributed by atoms with Gasteiger partial charge in [-0.15, -0.1) is 0 Å². The maximum absolute atomic E-state index is 10.7. The molecule has 0 aromatic heterocycles. The van der Waals surface area contributed by atoms with Crippen LogP contribution in [0.15, 0.2) is 0 Å². The Bertz CT molecular complexity index is 323. The highest BCUT2D eigenvalue weighted by Gasteiger charge is 2.40. The van der Waals surface area contributed by atoms with Crippen LogP contribution in [0.1, 0.15) is 39.5 Å². The van der Waals surface area contributed by atoms with Crippen molar-refractivity contribution < 1.29 is 19.4 Å². The Labute approximate surface area is 114 Å². The number of carboxylic acids is 1. The second-order valence-electron chi connectivity index (χ2n) is 5.89. The topological polar surface area (TPSA) is 59.0 Å². The predicted octanol–water partition coefficient (Wildman–Crippen LogP) is 1.71. The molecule has 0 aromatic carbocycles. The third-order valence-electron chi connectivity index (χ3n) is 4.10. The molecule has 5 heteroatoms. The molecule has 0 amide bonds. The van der Waals surface area contributed by atoms with Crippen LogP contribution < -0.4 is 0 Å². The summed E-state index contributed by atoms with van der Waals surface area (Å²) < 4.78 is 11.5. The highest BCUT2D eigenvalue weighted by molar-refractivity contribution is 5.67. The summed E-state index contributed by atoms with van der Waals surface area (Å²) in [6, 6.07) is 0. The number of likely N-dealkylation sites (tertiary alicyclic amines) is 1. The van der Waals surface area contributed by atoms with Crippen molar-refractivity contribution in [3.63, 3.8) is 0 Å². The zero-order chi connectivity index (χ0) is 13.9. The van der Waals surface area contributed by atoms with E-state index in [4.69, 9.17) is 14.6 Å². The van der Waals surface area contributed by atoms with Gasteiger partial charge in [-0.25, -0.2) is 0 Å². The molecule has 0 radical (unpaired) electrons. The quantitative estimate of drug-likeness (QED) is 0.825. The molecular weight excluding hydrogens is 246 g/mol. The zero-order valence-corrected chi connectivity index (χ0v) is 11.9. The number of piperidine rings is 1. The third-order valence-corrected chi connectivity index (χ3v) is 4.10. The molecule has 2 saturated heterocycles. The van der Waals surface area contributed by atoms with Gasteiger partial charge >= 0.3 is 5.97 Å². The molecule has 2 rings (SSSR count). The van der Waals surface area contributed by atoms with Crippen LogP contribution in [0.2, 0.25) is 0 Å². The molecule has 0 saturated carbocycles. The Morgan fingerprint density at radius 3 is 3.00 bits per heavy atom. The smallest absolute Gasteiger partial charge is 0.306 e. The van der Waals surface area contributed by atoms with Crippen LogP contribution in [-0.4, -0.2) is 54.1 Å². The summed E-state index contributed by atoms with van der Waals surface area (Å²) in [6.07, 6.45) is 3.03. The molecule has 5 nitrogen and oxygen atoms in total. The van der Waals surface area contributed by atoms with E-state index in [0.717, 1.165) is 19.5 Å². The minimum absolute atomic E-state index is 0.0291. The lowest BCUT2D eigenvalue weighted by molar-refractivity contribution is -0.171. The van der Waals surface area contributed by atoms with Crippen LogP contribution in [-0.2, 0) is 14.3 Å². The van der Waals surface area contributed by atoms with E-state index in [1.165, 1.54) is 19.4 Å². The number of nitrogens with zero attached hydrogens (tertiary/aromatic N) is 1. The van der Waals surface area contributed by atoms with Gasteiger partial charge in [0.05, 0.1) is 19.1 Å². The molecule has 2 aliphatic heterocycles. The van der Waals surface area contributed by atoms with Crippen LogP contribution in [0, 0.1) is 5.92 Å². The van der Waals surface area contributed by atoms with Crippen molar-refractivity contribution in [3.8, 4) is 0 Å². The Kier molecular flexibility index (Phi) is 4.81. The van der Waals surface area contributed by atoms with Gasteiger partial charge in [0, 0.05) is 13.0 Å². The molecule has 19 heavy (non-hydrogen) atoms. The van der Waals surface area contributed by atoms with Crippen molar-refractivity contribution in [3.05, 3.63) is 0 Å². The molecule has 0 aromatic rings. The SMILES string of the molecule is CCN1CCCC(CC2(C)OCC(CC(=O)O)O2)C1. The van der Waals surface area contributed by atoms with Gasteiger partial charge < -0.3 is 19.5 Å². The number of carbonyl (C=O) groups is 1. The van der Waals surface area contributed by atoms with E-state index in [-0.39, 0.29) is 12.5 Å². The van der Waals surface area contributed by atoms with Crippen molar-refractivity contribution in [2.75, 3.05) is 26.2 Å². The standard InChI is InChI=1S/C14H25NO4/c1-3-15-6-4-5-11(9-15)8-14(2)18-10-12(19-14)7-13(16)17/h11-12H,3-10H2,1-2H3,(H,16,17). The van der Waals surface area contributed by atoms with Crippen LogP contribution in [0.3, 0.4) is 0 Å².